The van der Waals surface area contributed by atoms with Crippen LogP contribution in [0.4, 0.5) is 0 Å². The van der Waals surface area contributed by atoms with Gasteiger partial charge in [0.1, 0.15) is 10.6 Å². The first-order valence-corrected chi connectivity index (χ1v) is 10.4. The molecule has 1 aliphatic heterocycles. The lowest BCUT2D eigenvalue weighted by molar-refractivity contribution is 0.0620. The Morgan fingerprint density at radius 3 is 2.60 bits per heavy atom. The summed E-state index contributed by atoms with van der Waals surface area (Å²) in [5, 5.41) is 2.07. The zero-order valence-corrected chi connectivity index (χ0v) is 15.9. The van der Waals surface area contributed by atoms with Crippen molar-refractivity contribution in [3.8, 4) is 0 Å². The highest BCUT2D eigenvalue weighted by Crippen LogP contribution is 2.17. The van der Waals surface area contributed by atoms with E-state index in [1.807, 2.05) is 6.07 Å². The molecule has 3 rings (SSSR count). The molecule has 0 atom stereocenters. The third kappa shape index (κ3) is 3.95. The molecule has 0 aromatic carbocycles. The van der Waals surface area contributed by atoms with E-state index >= 15 is 0 Å². The molecular weight excluding hydrogens is 360 g/mol. The third-order valence-electron chi connectivity index (χ3n) is 4.40. The highest BCUT2D eigenvalue weighted by Gasteiger charge is 2.26. The number of aromatic nitrogens is 1. The minimum Gasteiger partial charge on any atom is -0.345 e. The van der Waals surface area contributed by atoms with Gasteiger partial charge in [0.25, 0.3) is 5.91 Å². The Bertz CT molecular complexity index is 835. The molecule has 136 valence electrons. The SMILES string of the molecule is CNS(=O)(=O)c1cc(C(=O)N2CCN(Cc3cccs3)CC2)n(C)c1. The number of carbonyl (C=O) groups is 1. The van der Waals surface area contributed by atoms with Crippen molar-refractivity contribution in [2.45, 2.75) is 11.4 Å². The van der Waals surface area contributed by atoms with Crippen LogP contribution in [0.3, 0.4) is 0 Å². The van der Waals surface area contributed by atoms with E-state index < -0.39 is 10.0 Å². The third-order valence-corrected chi connectivity index (χ3v) is 6.64. The molecule has 7 nitrogen and oxygen atoms in total. The lowest BCUT2D eigenvalue weighted by Crippen LogP contribution is -2.48. The Morgan fingerprint density at radius 1 is 1.28 bits per heavy atom. The smallest absolute Gasteiger partial charge is 0.270 e. The van der Waals surface area contributed by atoms with Gasteiger partial charge in [-0.2, -0.15) is 0 Å². The average molecular weight is 383 g/mol. The molecular formula is C16H22N4O3S2. The summed E-state index contributed by atoms with van der Waals surface area (Å²) in [6, 6.07) is 5.61. The van der Waals surface area contributed by atoms with Crippen molar-refractivity contribution in [2.24, 2.45) is 7.05 Å². The minimum atomic E-state index is -3.55. The first kappa shape index (κ1) is 18.1. The molecule has 1 fully saturated rings. The maximum Gasteiger partial charge on any atom is 0.270 e. The number of nitrogens with one attached hydrogen (secondary N) is 1. The monoisotopic (exact) mass is 382 g/mol. The van der Waals surface area contributed by atoms with Gasteiger partial charge < -0.3 is 9.47 Å². The number of hydrogen-bond acceptors (Lipinski definition) is 5. The van der Waals surface area contributed by atoms with Crippen LogP contribution in [-0.4, -0.2) is 61.9 Å². The number of nitrogens with zero attached hydrogens (tertiary/aromatic N) is 3. The summed E-state index contributed by atoms with van der Waals surface area (Å²) in [6.07, 6.45) is 1.46. The molecule has 1 amide bonds. The van der Waals surface area contributed by atoms with Crippen LogP contribution < -0.4 is 4.72 Å². The second-order valence-corrected chi connectivity index (χ2v) is 8.95. The first-order chi connectivity index (χ1) is 11.9. The number of sulfonamides is 1. The van der Waals surface area contributed by atoms with Crippen LogP contribution in [-0.2, 0) is 23.6 Å². The topological polar surface area (TPSA) is 74.7 Å². The van der Waals surface area contributed by atoms with Crippen molar-refractivity contribution in [3.05, 3.63) is 40.3 Å². The fourth-order valence-electron chi connectivity index (χ4n) is 2.91. The molecule has 0 saturated carbocycles. The Morgan fingerprint density at radius 2 is 2.00 bits per heavy atom. The summed E-state index contributed by atoms with van der Waals surface area (Å²) in [4.78, 5) is 18.3. The van der Waals surface area contributed by atoms with Gasteiger partial charge in [-0.05, 0) is 24.6 Å². The summed E-state index contributed by atoms with van der Waals surface area (Å²) in [5.41, 5.74) is 0.389. The predicted molar refractivity (Wildman–Crippen MR) is 97.2 cm³/mol. The van der Waals surface area contributed by atoms with E-state index in [1.54, 1.807) is 27.9 Å². The van der Waals surface area contributed by atoms with Crippen LogP contribution in [0.2, 0.25) is 0 Å². The quantitative estimate of drug-likeness (QED) is 0.836. The van der Waals surface area contributed by atoms with Crippen LogP contribution in [0, 0.1) is 0 Å². The van der Waals surface area contributed by atoms with Crippen molar-refractivity contribution in [3.63, 3.8) is 0 Å². The number of amides is 1. The van der Waals surface area contributed by atoms with Gasteiger partial charge in [-0.25, -0.2) is 13.1 Å². The standard InChI is InChI=1S/C16H22N4O3S2/c1-17-25(22,23)14-10-15(18(2)12-14)16(21)20-7-5-19(6-8-20)11-13-4-3-9-24-13/h3-4,9-10,12,17H,5-8,11H2,1-2H3. The molecule has 25 heavy (non-hydrogen) atoms. The van der Waals surface area contributed by atoms with Crippen molar-refractivity contribution >= 4 is 27.3 Å². The van der Waals surface area contributed by atoms with Gasteiger partial charge in [0.2, 0.25) is 10.0 Å². The van der Waals surface area contributed by atoms with Gasteiger partial charge >= 0.3 is 0 Å². The molecule has 3 heterocycles. The van der Waals surface area contributed by atoms with Gasteiger partial charge in [-0.15, -0.1) is 11.3 Å². The van der Waals surface area contributed by atoms with Gasteiger partial charge in [0, 0.05) is 50.8 Å². The number of carbonyl (C=O) groups excluding carboxylic acids is 1. The zero-order valence-electron chi connectivity index (χ0n) is 14.3. The van der Waals surface area contributed by atoms with E-state index in [0.717, 1.165) is 19.6 Å². The van der Waals surface area contributed by atoms with Crippen LogP contribution >= 0.6 is 11.3 Å². The summed E-state index contributed by atoms with van der Waals surface area (Å²) in [7, 11) is -0.503. The molecule has 0 spiro atoms. The largest absolute Gasteiger partial charge is 0.345 e. The lowest BCUT2D eigenvalue weighted by atomic mass is 10.2. The van der Waals surface area contributed by atoms with E-state index in [1.165, 1.54) is 24.2 Å². The second-order valence-electron chi connectivity index (χ2n) is 6.03. The van der Waals surface area contributed by atoms with E-state index in [9.17, 15) is 13.2 Å². The zero-order chi connectivity index (χ0) is 18.0. The van der Waals surface area contributed by atoms with E-state index in [0.29, 0.717) is 18.8 Å². The number of aryl methyl sites for hydroxylation is 1. The molecule has 1 N–H and O–H groups in total. The normalized spacial score (nSPS) is 16.3. The molecule has 1 aliphatic rings. The van der Waals surface area contributed by atoms with Gasteiger partial charge in [-0.3, -0.25) is 9.69 Å². The first-order valence-electron chi connectivity index (χ1n) is 8.04. The van der Waals surface area contributed by atoms with E-state index in [-0.39, 0.29) is 10.8 Å². The van der Waals surface area contributed by atoms with Crippen molar-refractivity contribution in [2.75, 3.05) is 33.2 Å². The summed E-state index contributed by atoms with van der Waals surface area (Å²) in [6.45, 7) is 3.83. The molecule has 2 aromatic heterocycles. The fourth-order valence-corrected chi connectivity index (χ4v) is 4.45. The number of piperazine rings is 1. The van der Waals surface area contributed by atoms with Gasteiger partial charge in [0.05, 0.1) is 0 Å². The average Bonchev–Trinajstić information content (AvgIpc) is 3.25. The Labute approximate surface area is 151 Å². The number of hydrogen-bond donors (Lipinski definition) is 1. The second kappa shape index (κ2) is 7.28. The minimum absolute atomic E-state index is 0.109. The summed E-state index contributed by atoms with van der Waals surface area (Å²) < 4.78 is 27.7. The molecule has 2 aromatic rings. The molecule has 0 unspecified atom stereocenters. The van der Waals surface area contributed by atoms with Crippen molar-refractivity contribution < 1.29 is 13.2 Å². The van der Waals surface area contributed by atoms with Crippen LogP contribution in [0.25, 0.3) is 0 Å². The Hall–Kier alpha value is -1.68. The highest BCUT2D eigenvalue weighted by molar-refractivity contribution is 7.89. The predicted octanol–water partition coefficient (Wildman–Crippen LogP) is 0.953. The molecule has 1 saturated heterocycles. The van der Waals surface area contributed by atoms with E-state index in [4.69, 9.17) is 0 Å². The van der Waals surface area contributed by atoms with Crippen molar-refractivity contribution in [1.82, 2.24) is 19.1 Å². The maximum absolute atomic E-state index is 12.7. The molecule has 0 radical (unpaired) electrons. The Kier molecular flexibility index (Phi) is 5.28. The Balaban J connectivity index is 1.65. The van der Waals surface area contributed by atoms with E-state index in [2.05, 4.69) is 21.1 Å². The summed E-state index contributed by atoms with van der Waals surface area (Å²) in [5.74, 6) is -0.129. The van der Waals surface area contributed by atoms with Crippen LogP contribution in [0.1, 0.15) is 15.4 Å². The maximum atomic E-state index is 12.7. The number of thiophene rings is 1. The van der Waals surface area contributed by atoms with Gasteiger partial charge in [0.15, 0.2) is 0 Å². The van der Waals surface area contributed by atoms with Crippen molar-refractivity contribution in [1.29, 1.82) is 0 Å². The lowest BCUT2D eigenvalue weighted by Gasteiger charge is -2.34. The molecule has 0 aliphatic carbocycles. The molecule has 0 bridgehead atoms. The molecule has 9 heteroatoms. The van der Waals surface area contributed by atoms with Crippen LogP contribution in [0.5, 0.6) is 0 Å². The highest BCUT2D eigenvalue weighted by atomic mass is 32.2. The number of rotatable bonds is 5. The fraction of sp³-hybridized carbons (Fsp3) is 0.438. The van der Waals surface area contributed by atoms with Gasteiger partial charge in [-0.1, -0.05) is 6.07 Å². The van der Waals surface area contributed by atoms with Crippen LogP contribution in [0.15, 0.2) is 34.7 Å². The summed E-state index contributed by atoms with van der Waals surface area (Å²) >= 11 is 1.74.